The van der Waals surface area contributed by atoms with Gasteiger partial charge in [0.2, 0.25) is 0 Å². The van der Waals surface area contributed by atoms with E-state index in [1.165, 1.54) is 0 Å². The summed E-state index contributed by atoms with van der Waals surface area (Å²) in [5.41, 5.74) is 0. The number of aliphatic hydroxyl groups excluding tert-OH is 4. The van der Waals surface area contributed by atoms with E-state index in [2.05, 4.69) is 0 Å². The zero-order valence-electron chi connectivity index (χ0n) is 19.3. The first-order chi connectivity index (χ1) is 15.3. The van der Waals surface area contributed by atoms with E-state index in [1.54, 1.807) is 0 Å². The summed E-state index contributed by atoms with van der Waals surface area (Å²) in [6.45, 7) is 9.76. The Hall–Kier alpha value is -0.480. The largest absolute Gasteiger partial charge is 0.394 e. The Morgan fingerprint density at radius 2 is 0.875 bits per heavy atom. The molecular formula is C20H40O12. The van der Waals surface area contributed by atoms with Gasteiger partial charge in [0.25, 0.3) is 0 Å². The maximum absolute atomic E-state index is 8.48. The van der Waals surface area contributed by atoms with Crippen LogP contribution < -0.4 is 0 Å². The van der Waals surface area contributed by atoms with Gasteiger partial charge >= 0.3 is 0 Å². The fourth-order valence-corrected chi connectivity index (χ4v) is 2.73. The zero-order valence-corrected chi connectivity index (χ0v) is 19.3. The molecule has 4 saturated heterocycles. The molecule has 4 aliphatic heterocycles. The summed E-state index contributed by atoms with van der Waals surface area (Å²) in [6.07, 6.45) is -0.899. The normalized spacial score (nSPS) is 38.2. The maximum Gasteiger partial charge on any atom is 0.181 e. The Morgan fingerprint density at radius 1 is 0.500 bits per heavy atom. The predicted molar refractivity (Wildman–Crippen MR) is 109 cm³/mol. The maximum atomic E-state index is 8.48. The van der Waals surface area contributed by atoms with E-state index in [-0.39, 0.29) is 76.0 Å². The summed E-state index contributed by atoms with van der Waals surface area (Å²) in [5.74, 6) is 0. The van der Waals surface area contributed by atoms with Crippen LogP contribution in [0.4, 0.5) is 0 Å². The minimum Gasteiger partial charge on any atom is -0.394 e. The van der Waals surface area contributed by atoms with Crippen LogP contribution in [-0.4, -0.2) is 123 Å². The molecule has 12 heteroatoms. The van der Waals surface area contributed by atoms with Gasteiger partial charge in [0.15, 0.2) is 25.2 Å². The summed E-state index contributed by atoms with van der Waals surface area (Å²) in [7, 11) is 0. The number of hydrogen-bond donors (Lipinski definition) is 4. The van der Waals surface area contributed by atoms with E-state index in [0.717, 1.165) is 0 Å². The minimum absolute atomic E-state index is 0.0374. The van der Waals surface area contributed by atoms with Gasteiger partial charge in [0.05, 0.1) is 65.1 Å². The summed E-state index contributed by atoms with van der Waals surface area (Å²) >= 11 is 0. The average molecular weight is 473 g/mol. The molecular weight excluding hydrogens is 432 g/mol. The molecule has 0 aromatic rings. The number of aliphatic hydroxyl groups is 4. The molecule has 0 unspecified atom stereocenters. The van der Waals surface area contributed by atoms with Gasteiger partial charge in [-0.25, -0.2) is 0 Å². The Kier molecular flexibility index (Phi) is 15.7. The van der Waals surface area contributed by atoms with Gasteiger partial charge in [-0.15, -0.1) is 0 Å². The average Bonchev–Trinajstić information content (AvgIpc) is 3.58. The van der Waals surface area contributed by atoms with Crippen LogP contribution in [-0.2, 0) is 37.9 Å². The smallest absolute Gasteiger partial charge is 0.181 e. The molecule has 4 N–H and O–H groups in total. The van der Waals surface area contributed by atoms with Crippen LogP contribution in [0.3, 0.4) is 0 Å². The molecule has 8 atom stereocenters. The molecule has 32 heavy (non-hydrogen) atoms. The molecule has 4 rings (SSSR count). The SMILES string of the molecule is C[C@@H]1CO[C@@H](CO)O1.C[C@@H]1OC[C@H](CO)O1.C[C@H]1CO[C@@H](CO)O1.C[C@H]1OC[C@H](CO)O1. The third-order valence-electron chi connectivity index (χ3n) is 4.31. The molecule has 4 heterocycles. The highest BCUT2D eigenvalue weighted by Crippen LogP contribution is 2.10. The lowest BCUT2D eigenvalue weighted by atomic mass is 10.4. The summed E-state index contributed by atoms with van der Waals surface area (Å²) in [4.78, 5) is 0. The van der Waals surface area contributed by atoms with Gasteiger partial charge in [0, 0.05) is 0 Å². The highest BCUT2D eigenvalue weighted by Gasteiger charge is 2.22. The summed E-state index contributed by atoms with van der Waals surface area (Å²) in [5, 5.41) is 33.8. The minimum atomic E-state index is -0.370. The van der Waals surface area contributed by atoms with Crippen LogP contribution in [0, 0.1) is 0 Å². The van der Waals surface area contributed by atoms with Crippen LogP contribution in [0.5, 0.6) is 0 Å². The van der Waals surface area contributed by atoms with Gasteiger partial charge in [-0.2, -0.15) is 0 Å². The molecule has 0 spiro atoms. The van der Waals surface area contributed by atoms with Crippen molar-refractivity contribution in [2.75, 3.05) is 52.9 Å². The lowest BCUT2D eigenvalue weighted by Gasteiger charge is -2.02. The van der Waals surface area contributed by atoms with Crippen molar-refractivity contribution < 1.29 is 58.3 Å². The standard InChI is InChI=1S/4C5H10O3/c2*1-4-7-3-5(2-6)8-4;2*1-4-3-7-5(2-6)8-4/h4*4-6H,2-3H2,1H3/t4-,5+;4-,5-;4-,5+;4-,5-/m1001/s1. The molecule has 0 amide bonds. The fraction of sp³-hybridized carbons (Fsp3) is 1.00. The molecule has 4 fully saturated rings. The molecule has 0 aromatic heterocycles. The monoisotopic (exact) mass is 472 g/mol. The van der Waals surface area contributed by atoms with Crippen LogP contribution >= 0.6 is 0 Å². The number of rotatable bonds is 4. The highest BCUT2D eigenvalue weighted by atomic mass is 16.7. The van der Waals surface area contributed by atoms with Gasteiger partial charge in [0.1, 0.15) is 12.2 Å². The van der Waals surface area contributed by atoms with Crippen LogP contribution in [0.25, 0.3) is 0 Å². The third-order valence-corrected chi connectivity index (χ3v) is 4.31. The van der Waals surface area contributed by atoms with E-state index in [9.17, 15) is 0 Å². The second-order valence-electron chi connectivity index (χ2n) is 7.47. The molecule has 12 nitrogen and oxygen atoms in total. The Bertz CT molecular complexity index is 376. The molecule has 4 aliphatic rings. The molecule has 0 radical (unpaired) electrons. The lowest BCUT2D eigenvalue weighted by Crippen LogP contribution is -2.14. The quantitative estimate of drug-likeness (QED) is 0.395. The molecule has 192 valence electrons. The van der Waals surface area contributed by atoms with Gasteiger partial charge in [-0.1, -0.05) is 0 Å². The number of hydrogen-bond acceptors (Lipinski definition) is 12. The predicted octanol–water partition coefficient (Wildman–Crippen LogP) is -1.04. The first-order valence-electron chi connectivity index (χ1n) is 10.8. The Morgan fingerprint density at radius 3 is 1.00 bits per heavy atom. The fourth-order valence-electron chi connectivity index (χ4n) is 2.73. The van der Waals surface area contributed by atoms with E-state index in [0.29, 0.717) is 26.4 Å². The van der Waals surface area contributed by atoms with Crippen molar-refractivity contribution >= 4 is 0 Å². The van der Waals surface area contributed by atoms with Crippen molar-refractivity contribution in [1.29, 1.82) is 0 Å². The van der Waals surface area contributed by atoms with Crippen molar-refractivity contribution in [3.8, 4) is 0 Å². The second-order valence-corrected chi connectivity index (χ2v) is 7.47. The van der Waals surface area contributed by atoms with Crippen molar-refractivity contribution in [1.82, 2.24) is 0 Å². The van der Waals surface area contributed by atoms with Gasteiger partial charge < -0.3 is 58.3 Å². The van der Waals surface area contributed by atoms with E-state index >= 15 is 0 Å². The van der Waals surface area contributed by atoms with Crippen LogP contribution in [0.1, 0.15) is 27.7 Å². The summed E-state index contributed by atoms with van der Waals surface area (Å²) in [6, 6.07) is 0. The molecule has 0 aromatic carbocycles. The van der Waals surface area contributed by atoms with Gasteiger partial charge in [-0.3, -0.25) is 0 Å². The van der Waals surface area contributed by atoms with E-state index in [4.69, 9.17) is 58.3 Å². The number of ether oxygens (including phenoxy) is 8. The first kappa shape index (κ1) is 29.6. The summed E-state index contributed by atoms with van der Waals surface area (Å²) < 4.78 is 40.0. The molecule has 0 aliphatic carbocycles. The first-order valence-corrected chi connectivity index (χ1v) is 10.8. The molecule has 0 bridgehead atoms. The van der Waals surface area contributed by atoms with Crippen molar-refractivity contribution in [2.24, 2.45) is 0 Å². The Balaban J connectivity index is 0.000000213. The van der Waals surface area contributed by atoms with Crippen LogP contribution in [0.15, 0.2) is 0 Å². The van der Waals surface area contributed by atoms with E-state index in [1.807, 2.05) is 27.7 Å². The van der Waals surface area contributed by atoms with Crippen molar-refractivity contribution in [3.63, 3.8) is 0 Å². The zero-order chi connectivity index (χ0) is 23.9. The lowest BCUT2D eigenvalue weighted by molar-refractivity contribution is -0.0854. The second kappa shape index (κ2) is 17.0. The van der Waals surface area contributed by atoms with E-state index < -0.39 is 0 Å². The van der Waals surface area contributed by atoms with Crippen molar-refractivity contribution in [2.45, 2.75) is 77.3 Å². The third kappa shape index (κ3) is 12.7. The topological polar surface area (TPSA) is 155 Å². The molecule has 0 saturated carbocycles. The van der Waals surface area contributed by atoms with Gasteiger partial charge in [-0.05, 0) is 27.7 Å². The van der Waals surface area contributed by atoms with Crippen LogP contribution in [0.2, 0.25) is 0 Å². The Labute approximate surface area is 189 Å². The highest BCUT2D eigenvalue weighted by molar-refractivity contribution is 4.61. The van der Waals surface area contributed by atoms with Crippen molar-refractivity contribution in [3.05, 3.63) is 0 Å².